The Morgan fingerprint density at radius 1 is 1.15 bits per heavy atom. The van der Waals surface area contributed by atoms with E-state index in [2.05, 4.69) is 5.10 Å². The molecule has 1 saturated heterocycles. The minimum atomic E-state index is -4.61. The maximum absolute atomic E-state index is 12.8. The van der Waals surface area contributed by atoms with Crippen LogP contribution in [-0.4, -0.2) is 57.6 Å². The molecule has 7 nitrogen and oxygen atoms in total. The fourth-order valence-corrected chi connectivity index (χ4v) is 2.80. The normalized spacial score (nSPS) is 15.4. The van der Waals surface area contributed by atoms with Gasteiger partial charge in [0, 0.05) is 38.8 Å². The van der Waals surface area contributed by atoms with E-state index in [9.17, 15) is 22.8 Å². The Labute approximate surface area is 147 Å². The highest BCUT2D eigenvalue weighted by molar-refractivity contribution is 5.94. The van der Waals surface area contributed by atoms with Crippen molar-refractivity contribution in [3.05, 3.63) is 41.6 Å². The average Bonchev–Trinajstić information content (AvgIpc) is 3.29. The van der Waals surface area contributed by atoms with Crippen LogP contribution in [0.2, 0.25) is 0 Å². The van der Waals surface area contributed by atoms with E-state index in [1.807, 2.05) is 0 Å². The molecular formula is C16H17F3N4O3. The van der Waals surface area contributed by atoms with Crippen molar-refractivity contribution in [2.75, 3.05) is 26.2 Å². The van der Waals surface area contributed by atoms with Crippen molar-refractivity contribution in [1.82, 2.24) is 19.6 Å². The lowest BCUT2D eigenvalue weighted by Crippen LogP contribution is -2.50. The molecule has 0 bridgehead atoms. The number of aryl methyl sites for hydroxylation is 1. The third kappa shape index (κ3) is 3.44. The van der Waals surface area contributed by atoms with Gasteiger partial charge in [-0.15, -0.1) is 0 Å². The number of halogens is 3. The molecule has 2 amide bonds. The van der Waals surface area contributed by atoms with Gasteiger partial charge in [0.25, 0.3) is 11.8 Å². The molecular weight excluding hydrogens is 353 g/mol. The van der Waals surface area contributed by atoms with Crippen LogP contribution in [0.4, 0.5) is 13.2 Å². The molecule has 0 aromatic carbocycles. The van der Waals surface area contributed by atoms with E-state index in [1.54, 1.807) is 24.0 Å². The number of nitrogens with zero attached hydrogens (tertiary/aromatic N) is 4. The lowest BCUT2D eigenvalue weighted by atomic mass is 10.2. The Morgan fingerprint density at radius 3 is 2.27 bits per heavy atom. The summed E-state index contributed by atoms with van der Waals surface area (Å²) in [6.07, 6.45) is -3.21. The van der Waals surface area contributed by atoms with E-state index in [0.717, 1.165) is 10.7 Å². The Morgan fingerprint density at radius 2 is 1.77 bits per heavy atom. The summed E-state index contributed by atoms with van der Waals surface area (Å²) < 4.78 is 44.6. The number of hydrogen-bond acceptors (Lipinski definition) is 4. The van der Waals surface area contributed by atoms with Gasteiger partial charge in [-0.05, 0) is 19.1 Å². The second-order valence-electron chi connectivity index (χ2n) is 5.79. The first kappa shape index (κ1) is 18.0. The molecule has 3 rings (SSSR count). The predicted molar refractivity (Wildman–Crippen MR) is 83.4 cm³/mol. The molecule has 1 aliphatic rings. The van der Waals surface area contributed by atoms with Crippen LogP contribution in [0.1, 0.15) is 33.7 Å². The fraction of sp³-hybridized carbons (Fsp3) is 0.438. The first-order valence-corrected chi connectivity index (χ1v) is 8.08. The van der Waals surface area contributed by atoms with Gasteiger partial charge in [0.15, 0.2) is 11.5 Å². The maximum atomic E-state index is 12.8. The van der Waals surface area contributed by atoms with Crippen molar-refractivity contribution in [3.8, 4) is 0 Å². The Bertz CT molecular complexity index is 790. The Kier molecular flexibility index (Phi) is 4.75. The minimum Gasteiger partial charge on any atom is -0.459 e. The zero-order valence-corrected chi connectivity index (χ0v) is 14.0. The largest absolute Gasteiger partial charge is 0.459 e. The van der Waals surface area contributed by atoms with Crippen LogP contribution in [0.15, 0.2) is 28.9 Å². The van der Waals surface area contributed by atoms with Crippen LogP contribution in [0.5, 0.6) is 0 Å². The highest BCUT2D eigenvalue weighted by Gasteiger charge is 2.37. The lowest BCUT2D eigenvalue weighted by molar-refractivity contribution is -0.141. The third-order valence-corrected chi connectivity index (χ3v) is 4.18. The first-order valence-electron chi connectivity index (χ1n) is 8.08. The number of aromatic nitrogens is 2. The molecule has 0 spiro atoms. The van der Waals surface area contributed by atoms with Crippen LogP contribution < -0.4 is 0 Å². The molecule has 0 radical (unpaired) electrons. The SMILES string of the molecule is CCn1nc(C(F)(F)F)cc1C(=O)N1CCN(C(=O)c2ccco2)CC1. The third-order valence-electron chi connectivity index (χ3n) is 4.18. The van der Waals surface area contributed by atoms with Gasteiger partial charge >= 0.3 is 6.18 Å². The number of carbonyl (C=O) groups is 2. The van der Waals surface area contributed by atoms with Crippen molar-refractivity contribution < 1.29 is 27.2 Å². The van der Waals surface area contributed by atoms with Crippen molar-refractivity contribution in [2.45, 2.75) is 19.6 Å². The second kappa shape index (κ2) is 6.85. The number of alkyl halides is 3. The van der Waals surface area contributed by atoms with Gasteiger partial charge in [0.2, 0.25) is 0 Å². The monoisotopic (exact) mass is 370 g/mol. The van der Waals surface area contributed by atoms with Crippen LogP contribution in [0, 0.1) is 0 Å². The zero-order valence-electron chi connectivity index (χ0n) is 14.0. The van der Waals surface area contributed by atoms with Crippen LogP contribution in [0.3, 0.4) is 0 Å². The highest BCUT2D eigenvalue weighted by Crippen LogP contribution is 2.29. The Balaban J connectivity index is 1.69. The average molecular weight is 370 g/mol. The molecule has 2 aromatic rings. The molecule has 26 heavy (non-hydrogen) atoms. The van der Waals surface area contributed by atoms with Crippen molar-refractivity contribution >= 4 is 11.8 Å². The molecule has 10 heteroatoms. The van der Waals surface area contributed by atoms with Gasteiger partial charge in [-0.3, -0.25) is 14.3 Å². The quantitative estimate of drug-likeness (QED) is 0.830. The summed E-state index contributed by atoms with van der Waals surface area (Å²) in [5.74, 6) is -0.594. The zero-order chi connectivity index (χ0) is 18.9. The number of piperazine rings is 1. The lowest BCUT2D eigenvalue weighted by Gasteiger charge is -2.34. The molecule has 1 aliphatic heterocycles. The molecule has 0 unspecified atom stereocenters. The van der Waals surface area contributed by atoms with Gasteiger partial charge in [-0.2, -0.15) is 18.3 Å². The van der Waals surface area contributed by atoms with Gasteiger partial charge in [-0.25, -0.2) is 0 Å². The number of amides is 2. The maximum Gasteiger partial charge on any atom is 0.435 e. The van der Waals surface area contributed by atoms with E-state index in [0.29, 0.717) is 0 Å². The van der Waals surface area contributed by atoms with Crippen LogP contribution in [0.25, 0.3) is 0 Å². The standard InChI is InChI=1S/C16H17F3N4O3/c1-2-23-11(10-13(20-23)16(17,18)19)14(24)21-5-7-22(8-6-21)15(25)12-4-3-9-26-12/h3-4,9-10H,2,5-8H2,1H3. The predicted octanol–water partition coefficient (Wildman–Crippen LogP) is 2.11. The number of rotatable bonds is 3. The summed E-state index contributed by atoms with van der Waals surface area (Å²) in [5, 5.41) is 3.46. The molecule has 0 N–H and O–H groups in total. The van der Waals surface area contributed by atoms with E-state index >= 15 is 0 Å². The summed E-state index contributed by atoms with van der Waals surface area (Å²) in [5.41, 5.74) is -1.19. The second-order valence-corrected chi connectivity index (χ2v) is 5.79. The highest BCUT2D eigenvalue weighted by atomic mass is 19.4. The summed E-state index contributed by atoms with van der Waals surface area (Å²) >= 11 is 0. The first-order chi connectivity index (χ1) is 12.3. The summed E-state index contributed by atoms with van der Waals surface area (Å²) in [4.78, 5) is 27.8. The van der Waals surface area contributed by atoms with E-state index in [-0.39, 0.29) is 50.1 Å². The fourth-order valence-electron chi connectivity index (χ4n) is 2.80. The summed E-state index contributed by atoms with van der Waals surface area (Å²) in [7, 11) is 0. The molecule has 2 aromatic heterocycles. The molecule has 140 valence electrons. The molecule has 0 saturated carbocycles. The molecule has 0 aliphatic carbocycles. The molecule has 0 atom stereocenters. The smallest absolute Gasteiger partial charge is 0.435 e. The van der Waals surface area contributed by atoms with Crippen molar-refractivity contribution in [2.24, 2.45) is 0 Å². The topological polar surface area (TPSA) is 71.6 Å². The van der Waals surface area contributed by atoms with E-state index in [1.165, 1.54) is 11.2 Å². The van der Waals surface area contributed by atoms with E-state index < -0.39 is 17.8 Å². The number of furan rings is 1. The van der Waals surface area contributed by atoms with Crippen molar-refractivity contribution in [1.29, 1.82) is 0 Å². The summed E-state index contributed by atoms with van der Waals surface area (Å²) in [6.45, 7) is 2.76. The minimum absolute atomic E-state index is 0.106. The van der Waals surface area contributed by atoms with Crippen molar-refractivity contribution in [3.63, 3.8) is 0 Å². The van der Waals surface area contributed by atoms with Gasteiger partial charge in [0.1, 0.15) is 5.69 Å². The van der Waals surface area contributed by atoms with Gasteiger partial charge in [0.05, 0.1) is 6.26 Å². The molecule has 1 fully saturated rings. The van der Waals surface area contributed by atoms with Gasteiger partial charge in [-0.1, -0.05) is 0 Å². The number of hydrogen-bond donors (Lipinski definition) is 0. The van der Waals surface area contributed by atoms with Crippen LogP contribution in [-0.2, 0) is 12.7 Å². The molecule has 3 heterocycles. The Hall–Kier alpha value is -2.78. The number of carbonyl (C=O) groups excluding carboxylic acids is 2. The van der Waals surface area contributed by atoms with Gasteiger partial charge < -0.3 is 14.2 Å². The van der Waals surface area contributed by atoms with E-state index in [4.69, 9.17) is 4.42 Å². The summed E-state index contributed by atoms with van der Waals surface area (Å²) in [6, 6.07) is 3.93. The van der Waals surface area contributed by atoms with Crippen LogP contribution >= 0.6 is 0 Å².